The molecule has 0 amide bonds. The summed E-state index contributed by atoms with van der Waals surface area (Å²) in [5.41, 5.74) is -10.9. The first kappa shape index (κ1) is 29.2. The molecular formula is C26H6F10N4. The molecule has 0 aromatic heterocycles. The molecule has 200 valence electrons. The average Bonchev–Trinajstić information content (AvgIpc) is 2.90. The average molecular weight is 564 g/mol. The Bertz CT molecular complexity index is 1810. The van der Waals surface area contributed by atoms with Crippen LogP contribution in [0, 0.1) is 59.1 Å². The highest BCUT2D eigenvalue weighted by Crippen LogP contribution is 2.42. The van der Waals surface area contributed by atoms with Crippen molar-refractivity contribution < 1.29 is 43.9 Å². The van der Waals surface area contributed by atoms with Crippen molar-refractivity contribution in [1.29, 1.82) is 10.5 Å². The molecule has 3 rings (SSSR count). The van der Waals surface area contributed by atoms with Gasteiger partial charge in [0.05, 0.1) is 41.5 Å². The van der Waals surface area contributed by atoms with E-state index in [9.17, 15) is 49.2 Å². The molecule has 0 atom stereocenters. The van der Waals surface area contributed by atoms with Crippen molar-refractivity contribution in [3.63, 3.8) is 0 Å². The van der Waals surface area contributed by atoms with Crippen molar-refractivity contribution in [2.45, 2.75) is 12.4 Å². The highest BCUT2D eigenvalue weighted by molar-refractivity contribution is 5.83. The van der Waals surface area contributed by atoms with Gasteiger partial charge in [-0.05, 0) is 28.5 Å². The maximum atomic E-state index is 14.8. The molecule has 0 radical (unpaired) electrons. The molecule has 14 heteroatoms. The lowest BCUT2D eigenvalue weighted by Crippen LogP contribution is -2.20. The van der Waals surface area contributed by atoms with Crippen LogP contribution in [0.15, 0.2) is 36.4 Å². The van der Waals surface area contributed by atoms with Gasteiger partial charge in [-0.2, -0.15) is 31.6 Å². The zero-order chi connectivity index (χ0) is 30.2. The minimum atomic E-state index is -5.57. The summed E-state index contributed by atoms with van der Waals surface area (Å²) in [4.78, 5) is 5.23. The van der Waals surface area contributed by atoms with Crippen molar-refractivity contribution in [2.75, 3.05) is 0 Å². The molecule has 0 spiro atoms. The smallest absolute Gasteiger partial charge is 0.232 e. The quantitative estimate of drug-likeness (QED) is 0.196. The van der Waals surface area contributed by atoms with E-state index in [1.807, 2.05) is 0 Å². The van der Waals surface area contributed by atoms with E-state index in [0.29, 0.717) is 6.07 Å². The number of hydrogen-bond donors (Lipinski definition) is 0. The number of nitrogens with zero attached hydrogens (tertiary/aromatic N) is 4. The van der Waals surface area contributed by atoms with Gasteiger partial charge in [0, 0.05) is 5.22 Å². The van der Waals surface area contributed by atoms with E-state index < -0.39 is 85.6 Å². The van der Waals surface area contributed by atoms with Crippen molar-refractivity contribution in [3.8, 4) is 23.3 Å². The van der Waals surface area contributed by atoms with Gasteiger partial charge < -0.3 is 0 Å². The van der Waals surface area contributed by atoms with Crippen LogP contribution in [-0.4, -0.2) is 0 Å². The highest BCUT2D eigenvalue weighted by atomic mass is 19.4. The highest BCUT2D eigenvalue weighted by Gasteiger charge is 2.43. The Morgan fingerprint density at radius 2 is 1.30 bits per heavy atom. The molecule has 0 unspecified atom stereocenters. The van der Waals surface area contributed by atoms with Crippen LogP contribution in [0.5, 0.6) is 0 Å². The molecule has 0 aliphatic rings. The Morgan fingerprint density at radius 3 is 1.75 bits per heavy atom. The van der Waals surface area contributed by atoms with E-state index in [0.717, 1.165) is 18.2 Å². The Balaban J connectivity index is 2.65. The molecule has 0 bridgehead atoms. The number of hydrogen-bond acceptors (Lipinski definition) is 2. The molecule has 0 heterocycles. The molecule has 0 aliphatic carbocycles. The van der Waals surface area contributed by atoms with Crippen LogP contribution in [-0.2, 0) is 12.4 Å². The first-order chi connectivity index (χ1) is 18.6. The van der Waals surface area contributed by atoms with Gasteiger partial charge in [-0.1, -0.05) is 24.3 Å². The molecule has 0 fully saturated rings. The maximum Gasteiger partial charge on any atom is 0.417 e. The summed E-state index contributed by atoms with van der Waals surface area (Å²) in [5.74, 6) is -8.77. The summed E-state index contributed by atoms with van der Waals surface area (Å²) in [6.45, 7) is 13.8. The van der Waals surface area contributed by atoms with Crippen LogP contribution in [0.4, 0.5) is 49.6 Å². The summed E-state index contributed by atoms with van der Waals surface area (Å²) < 4.78 is 139. The molecule has 0 aliphatic heterocycles. The Kier molecular flexibility index (Phi) is 7.62. The maximum absolute atomic E-state index is 14.8. The van der Waals surface area contributed by atoms with Gasteiger partial charge in [0.2, 0.25) is 0 Å². The molecule has 40 heavy (non-hydrogen) atoms. The van der Waals surface area contributed by atoms with Crippen LogP contribution < -0.4 is 10.4 Å². The van der Waals surface area contributed by atoms with E-state index in [1.165, 1.54) is 12.1 Å². The van der Waals surface area contributed by atoms with Gasteiger partial charge in [-0.25, -0.2) is 32.5 Å². The molecular weight excluding hydrogens is 558 g/mol. The van der Waals surface area contributed by atoms with Gasteiger partial charge in [0.25, 0.3) is 11.4 Å². The summed E-state index contributed by atoms with van der Waals surface area (Å²) in [6, 6.07) is 5.79. The minimum absolute atomic E-state index is 0.0142. The van der Waals surface area contributed by atoms with E-state index >= 15 is 0 Å². The SMILES string of the molecule is [C-]#[N+]/C(C#N)=c1\cc/c(=C(/C#N)c2c(F)c(F)c([N+]#[C-])c(F)c2F)c(-c2ccc(C(F)(F)F)c(C(F)(F)F)c2)c1. The van der Waals surface area contributed by atoms with Crippen molar-refractivity contribution >= 4 is 17.0 Å². The second-order valence-electron chi connectivity index (χ2n) is 7.67. The molecule has 0 saturated heterocycles. The number of rotatable bonds is 2. The van der Waals surface area contributed by atoms with Crippen molar-refractivity contribution in [1.82, 2.24) is 0 Å². The molecule has 3 aromatic carbocycles. The van der Waals surface area contributed by atoms with Gasteiger partial charge in [-0.3, -0.25) is 0 Å². The fourth-order valence-corrected chi connectivity index (χ4v) is 3.68. The third-order valence-corrected chi connectivity index (χ3v) is 5.44. The first-order valence-electron chi connectivity index (χ1n) is 10.2. The van der Waals surface area contributed by atoms with Gasteiger partial charge >= 0.3 is 12.4 Å². The van der Waals surface area contributed by atoms with Gasteiger partial charge in [0.1, 0.15) is 6.07 Å². The fourth-order valence-electron chi connectivity index (χ4n) is 3.68. The number of halogens is 10. The Labute approximate surface area is 217 Å². The zero-order valence-electron chi connectivity index (χ0n) is 19.0. The van der Waals surface area contributed by atoms with Crippen LogP contribution in [0.3, 0.4) is 0 Å². The van der Waals surface area contributed by atoms with Crippen LogP contribution in [0.25, 0.3) is 32.1 Å². The third kappa shape index (κ3) is 5.03. The van der Waals surface area contributed by atoms with Gasteiger partial charge in [0.15, 0.2) is 23.3 Å². The second-order valence-corrected chi connectivity index (χ2v) is 7.67. The predicted octanol–water partition coefficient (Wildman–Crippen LogP) is 6.77. The monoisotopic (exact) mass is 564 g/mol. The largest absolute Gasteiger partial charge is 0.417 e. The topological polar surface area (TPSA) is 56.3 Å². The van der Waals surface area contributed by atoms with Crippen molar-refractivity contribution in [2.24, 2.45) is 0 Å². The molecule has 3 aromatic rings. The molecule has 0 N–H and O–H groups in total. The normalized spacial score (nSPS) is 12.9. The lowest BCUT2D eigenvalue weighted by atomic mass is 9.92. The van der Waals surface area contributed by atoms with E-state index in [4.69, 9.17) is 18.4 Å². The van der Waals surface area contributed by atoms with E-state index in [-0.39, 0.29) is 17.4 Å². The van der Waals surface area contributed by atoms with Gasteiger partial charge in [-0.15, -0.1) is 0 Å². The summed E-state index contributed by atoms with van der Waals surface area (Å²) in [5, 5.41) is 17.8. The summed E-state index contributed by atoms with van der Waals surface area (Å²) in [6.07, 6.45) is -11.0. The van der Waals surface area contributed by atoms with Crippen LogP contribution >= 0.6 is 0 Å². The lowest BCUT2D eigenvalue weighted by molar-refractivity contribution is -0.162. The lowest BCUT2D eigenvalue weighted by Gasteiger charge is -2.17. The molecule has 4 nitrogen and oxygen atoms in total. The summed E-state index contributed by atoms with van der Waals surface area (Å²) in [7, 11) is 0. The number of nitriles is 2. The first-order valence-corrected chi connectivity index (χ1v) is 10.2. The zero-order valence-corrected chi connectivity index (χ0v) is 19.0. The van der Waals surface area contributed by atoms with E-state index in [1.54, 1.807) is 0 Å². The Hall–Kier alpha value is -5.34. The minimum Gasteiger partial charge on any atom is -0.232 e. The third-order valence-electron chi connectivity index (χ3n) is 5.44. The summed E-state index contributed by atoms with van der Waals surface area (Å²) >= 11 is 0. The fraction of sp³-hybridized carbons (Fsp3) is 0.0769. The predicted molar refractivity (Wildman–Crippen MR) is 117 cm³/mol. The van der Waals surface area contributed by atoms with Crippen LogP contribution in [0.1, 0.15) is 16.7 Å². The standard InChI is InChI=1S/C26H6F10N4/c1-39-18(10-38)12-3-5-13(15(9-37)19-20(27)22(29)24(40-2)23(30)21(19)28)14(7-12)11-4-6-16(25(31,32)33)17(8-11)26(34,35)36/h3-8H/b15-13+,18-12+. The number of alkyl halides is 6. The van der Waals surface area contributed by atoms with E-state index in [2.05, 4.69) is 9.69 Å². The Morgan fingerprint density at radius 1 is 0.725 bits per heavy atom. The van der Waals surface area contributed by atoms with Crippen LogP contribution in [0.2, 0.25) is 0 Å². The second kappa shape index (κ2) is 10.4. The van der Waals surface area contributed by atoms with Crippen molar-refractivity contribution in [3.05, 3.63) is 110 Å². The molecule has 0 saturated carbocycles. The number of benzene rings is 3.